The average molecular weight is 678 g/mol. The highest BCUT2D eigenvalue weighted by Gasteiger charge is 2.22. The highest BCUT2D eigenvalue weighted by molar-refractivity contribution is 6.07. The molecule has 0 saturated carbocycles. The molecule has 3 aromatic carbocycles. The number of aryl methyl sites for hydroxylation is 1. The van der Waals surface area contributed by atoms with Crippen LogP contribution in [0, 0.1) is 0 Å². The number of hydrogen-bond donors (Lipinski definition) is 1. The van der Waals surface area contributed by atoms with E-state index in [1.165, 1.54) is 5.56 Å². The highest BCUT2D eigenvalue weighted by atomic mass is 16.7. The van der Waals surface area contributed by atoms with Crippen molar-refractivity contribution in [3.63, 3.8) is 0 Å². The fraction of sp³-hybridized carbons (Fsp3) is 0.415. The van der Waals surface area contributed by atoms with Gasteiger partial charge in [0.2, 0.25) is 0 Å². The van der Waals surface area contributed by atoms with Crippen LogP contribution >= 0.6 is 0 Å². The molecule has 0 bridgehead atoms. The SMILES string of the molecule is CCCCOC(C)Oc1ccc(-c2ccc3c(c2)C=C(C(=O)Nc2ccc(CN(C)C4CCOCC4)cc2)CCN3Cc2cnn(C)c2)cc1. The fourth-order valence-electron chi connectivity index (χ4n) is 6.68. The van der Waals surface area contributed by atoms with E-state index < -0.39 is 0 Å². The van der Waals surface area contributed by atoms with Crippen LogP contribution in [0.3, 0.4) is 0 Å². The summed E-state index contributed by atoms with van der Waals surface area (Å²) in [6, 6.07) is 23.4. The Morgan fingerprint density at radius 3 is 2.52 bits per heavy atom. The van der Waals surface area contributed by atoms with Gasteiger partial charge in [0.05, 0.1) is 12.8 Å². The van der Waals surface area contributed by atoms with Gasteiger partial charge in [-0.25, -0.2) is 0 Å². The molecular weight excluding hydrogens is 626 g/mol. The lowest BCUT2D eigenvalue weighted by molar-refractivity contribution is -0.112. The van der Waals surface area contributed by atoms with E-state index in [9.17, 15) is 4.79 Å². The molecule has 264 valence electrons. The van der Waals surface area contributed by atoms with E-state index >= 15 is 0 Å². The van der Waals surface area contributed by atoms with Gasteiger partial charge >= 0.3 is 0 Å². The van der Waals surface area contributed by atoms with Crippen molar-refractivity contribution in [2.45, 2.75) is 71.4 Å². The Kier molecular flexibility index (Phi) is 12.0. The number of unbranched alkanes of at least 4 members (excludes halogenated alkanes) is 1. The lowest BCUT2D eigenvalue weighted by Gasteiger charge is -2.31. The predicted octanol–water partition coefficient (Wildman–Crippen LogP) is 7.67. The van der Waals surface area contributed by atoms with Gasteiger partial charge in [0.25, 0.3) is 5.91 Å². The van der Waals surface area contributed by atoms with Gasteiger partial charge in [0.1, 0.15) is 5.75 Å². The zero-order chi connectivity index (χ0) is 34.9. The number of nitrogens with zero attached hydrogens (tertiary/aromatic N) is 4. The summed E-state index contributed by atoms with van der Waals surface area (Å²) in [7, 11) is 4.12. The minimum atomic E-state index is -0.304. The summed E-state index contributed by atoms with van der Waals surface area (Å²) in [5.74, 6) is 0.696. The van der Waals surface area contributed by atoms with Crippen molar-refractivity contribution >= 4 is 23.4 Å². The first-order valence-electron chi connectivity index (χ1n) is 18.0. The quantitative estimate of drug-likeness (QED) is 0.108. The van der Waals surface area contributed by atoms with Crippen LogP contribution in [0.5, 0.6) is 5.75 Å². The van der Waals surface area contributed by atoms with Gasteiger partial charge in [0.15, 0.2) is 6.29 Å². The maximum Gasteiger partial charge on any atom is 0.251 e. The van der Waals surface area contributed by atoms with Crippen molar-refractivity contribution in [2.24, 2.45) is 7.05 Å². The Labute approximate surface area is 296 Å². The second-order valence-corrected chi connectivity index (χ2v) is 13.5. The zero-order valence-corrected chi connectivity index (χ0v) is 29.9. The van der Waals surface area contributed by atoms with Crippen LogP contribution < -0.4 is 15.0 Å². The predicted molar refractivity (Wildman–Crippen MR) is 200 cm³/mol. The molecule has 1 aromatic heterocycles. The van der Waals surface area contributed by atoms with Crippen LogP contribution in [0.25, 0.3) is 17.2 Å². The second-order valence-electron chi connectivity index (χ2n) is 13.5. The Morgan fingerprint density at radius 1 is 1.04 bits per heavy atom. The first kappa shape index (κ1) is 35.4. The van der Waals surface area contributed by atoms with Crippen LogP contribution in [-0.4, -0.2) is 66.3 Å². The summed E-state index contributed by atoms with van der Waals surface area (Å²) in [5, 5.41) is 7.55. The lowest BCUT2D eigenvalue weighted by Crippen LogP contribution is -2.36. The molecule has 2 aliphatic rings. The summed E-state index contributed by atoms with van der Waals surface area (Å²) in [6.07, 6.45) is 10.6. The molecule has 50 heavy (non-hydrogen) atoms. The van der Waals surface area contributed by atoms with Crippen LogP contribution in [-0.2, 0) is 34.4 Å². The second kappa shape index (κ2) is 17.0. The van der Waals surface area contributed by atoms with Crippen molar-refractivity contribution in [3.8, 4) is 16.9 Å². The summed E-state index contributed by atoms with van der Waals surface area (Å²) < 4.78 is 19.1. The van der Waals surface area contributed by atoms with E-state index in [1.807, 2.05) is 55.3 Å². The Bertz CT molecular complexity index is 1730. The molecule has 1 atom stereocenters. The van der Waals surface area contributed by atoms with Crippen molar-refractivity contribution in [3.05, 3.63) is 101 Å². The van der Waals surface area contributed by atoms with E-state index in [2.05, 4.69) is 82.7 Å². The van der Waals surface area contributed by atoms with Gasteiger partial charge in [-0.3, -0.25) is 14.4 Å². The summed E-state index contributed by atoms with van der Waals surface area (Å²) in [6.45, 7) is 8.72. The molecule has 1 amide bonds. The van der Waals surface area contributed by atoms with Gasteiger partial charge in [-0.05, 0) is 104 Å². The van der Waals surface area contributed by atoms with Crippen molar-refractivity contribution < 1.29 is 19.0 Å². The van der Waals surface area contributed by atoms with E-state index in [0.717, 1.165) is 90.4 Å². The molecule has 9 heteroatoms. The maximum absolute atomic E-state index is 13.8. The number of nitrogens with one attached hydrogen (secondary N) is 1. The number of carbonyl (C=O) groups is 1. The topological polar surface area (TPSA) is 81.1 Å². The van der Waals surface area contributed by atoms with Gasteiger partial charge in [0, 0.05) is 74.6 Å². The van der Waals surface area contributed by atoms with Crippen molar-refractivity contribution in [1.82, 2.24) is 14.7 Å². The molecule has 4 aromatic rings. The van der Waals surface area contributed by atoms with E-state index in [-0.39, 0.29) is 12.2 Å². The van der Waals surface area contributed by atoms with Crippen LogP contribution in [0.15, 0.2) is 84.7 Å². The Morgan fingerprint density at radius 2 is 1.80 bits per heavy atom. The molecule has 3 heterocycles. The van der Waals surface area contributed by atoms with E-state index in [1.54, 1.807) is 0 Å². The van der Waals surface area contributed by atoms with E-state index in [4.69, 9.17) is 14.2 Å². The molecule has 1 N–H and O–H groups in total. The van der Waals surface area contributed by atoms with Crippen LogP contribution in [0.1, 0.15) is 62.6 Å². The lowest BCUT2D eigenvalue weighted by atomic mass is 10.00. The molecule has 0 aliphatic carbocycles. The molecule has 2 aliphatic heterocycles. The third-order valence-corrected chi connectivity index (χ3v) is 9.57. The number of hydrogen-bond acceptors (Lipinski definition) is 7. The summed E-state index contributed by atoms with van der Waals surface area (Å²) >= 11 is 0. The number of amides is 1. The van der Waals surface area contributed by atoms with Crippen LogP contribution in [0.2, 0.25) is 0 Å². The Hall–Kier alpha value is -4.44. The minimum absolute atomic E-state index is 0.0755. The largest absolute Gasteiger partial charge is 0.465 e. The first-order chi connectivity index (χ1) is 24.3. The monoisotopic (exact) mass is 677 g/mol. The number of aromatic nitrogens is 2. The summed E-state index contributed by atoms with van der Waals surface area (Å²) in [4.78, 5) is 18.5. The van der Waals surface area contributed by atoms with E-state index in [0.29, 0.717) is 32.2 Å². The number of ether oxygens (including phenoxy) is 3. The number of fused-ring (bicyclic) bond motifs is 1. The van der Waals surface area contributed by atoms with Crippen LogP contribution in [0.4, 0.5) is 11.4 Å². The van der Waals surface area contributed by atoms with Crippen molar-refractivity contribution in [2.75, 3.05) is 43.6 Å². The van der Waals surface area contributed by atoms with Gasteiger partial charge in [-0.1, -0.05) is 43.7 Å². The minimum Gasteiger partial charge on any atom is -0.465 e. The maximum atomic E-state index is 13.8. The summed E-state index contributed by atoms with van der Waals surface area (Å²) in [5.41, 5.74) is 8.16. The zero-order valence-electron chi connectivity index (χ0n) is 29.9. The van der Waals surface area contributed by atoms with Gasteiger partial charge in [-0.2, -0.15) is 5.10 Å². The third kappa shape index (κ3) is 9.41. The average Bonchev–Trinajstić information content (AvgIpc) is 3.45. The fourth-order valence-corrected chi connectivity index (χ4v) is 6.68. The molecule has 0 radical (unpaired) electrons. The van der Waals surface area contributed by atoms with Crippen molar-refractivity contribution in [1.29, 1.82) is 0 Å². The molecular formula is C41H51N5O4. The number of rotatable bonds is 14. The molecule has 1 saturated heterocycles. The molecule has 9 nitrogen and oxygen atoms in total. The standard InChI is InChI=1S/C41H51N5O4/c1-5-6-21-49-30(2)50-39-14-9-33(10-15-39)34-11-16-40-36(24-34)25-35(17-20-46(40)29-32-26-42-45(4)28-32)41(47)43-37-12-7-31(8-13-37)27-44(3)38-18-22-48-23-19-38/h7-16,24-26,28,30,38H,5-6,17-23,27,29H2,1-4H3,(H,43,47). The number of carbonyl (C=O) groups excluding carboxylic acids is 1. The highest BCUT2D eigenvalue weighted by Crippen LogP contribution is 2.34. The normalized spacial score (nSPS) is 15.7. The number of anilines is 2. The first-order valence-corrected chi connectivity index (χ1v) is 18.0. The molecule has 1 fully saturated rings. The smallest absolute Gasteiger partial charge is 0.251 e. The molecule has 6 rings (SSSR count). The molecule has 1 unspecified atom stereocenters. The van der Waals surface area contributed by atoms with Gasteiger partial charge < -0.3 is 24.4 Å². The third-order valence-electron chi connectivity index (χ3n) is 9.57. The Balaban J connectivity index is 1.18. The molecule has 0 spiro atoms. The van der Waals surface area contributed by atoms with Gasteiger partial charge in [-0.15, -0.1) is 0 Å². The number of benzene rings is 3.